The molecule has 5 nitrogen and oxygen atoms in total. The lowest BCUT2D eigenvalue weighted by Gasteiger charge is -2.10. The molecule has 104 valence electrons. The molecule has 0 aliphatic carbocycles. The Bertz CT molecular complexity index is 446. The molecule has 0 heterocycles. The first-order valence-corrected chi connectivity index (χ1v) is 7.22. The summed E-state index contributed by atoms with van der Waals surface area (Å²) in [6.07, 6.45) is 2.35. The average molecular weight is 281 g/mol. The van der Waals surface area contributed by atoms with Crippen LogP contribution in [0.15, 0.2) is 29.4 Å². The van der Waals surface area contributed by atoms with E-state index in [-0.39, 0.29) is 11.7 Å². The van der Waals surface area contributed by atoms with Crippen LogP contribution >= 0.6 is 11.8 Å². The van der Waals surface area contributed by atoms with Gasteiger partial charge in [-0.2, -0.15) is 11.8 Å². The van der Waals surface area contributed by atoms with Gasteiger partial charge in [0.25, 0.3) is 0 Å². The largest absolute Gasteiger partial charge is 0.409 e. The van der Waals surface area contributed by atoms with Crippen molar-refractivity contribution in [2.75, 3.05) is 12.8 Å². The van der Waals surface area contributed by atoms with Gasteiger partial charge in [0.05, 0.1) is 6.42 Å². The van der Waals surface area contributed by atoms with E-state index in [1.807, 2.05) is 6.26 Å². The van der Waals surface area contributed by atoms with E-state index < -0.39 is 0 Å². The first kappa shape index (κ1) is 15.4. The Morgan fingerprint density at radius 2 is 2.11 bits per heavy atom. The summed E-state index contributed by atoms with van der Waals surface area (Å²) in [5, 5.41) is 14.8. The monoisotopic (exact) mass is 281 g/mol. The highest BCUT2D eigenvalue weighted by Crippen LogP contribution is 2.06. The maximum Gasteiger partial charge on any atom is 0.224 e. The first-order chi connectivity index (χ1) is 9.06. The van der Waals surface area contributed by atoms with Gasteiger partial charge >= 0.3 is 0 Å². The second-order valence-corrected chi connectivity index (χ2v) is 5.49. The smallest absolute Gasteiger partial charge is 0.224 e. The number of oxime groups is 1. The number of nitrogens with two attached hydrogens (primary N) is 1. The van der Waals surface area contributed by atoms with Crippen LogP contribution in [0.3, 0.4) is 0 Å². The van der Waals surface area contributed by atoms with Crippen LogP contribution in [0.2, 0.25) is 0 Å². The van der Waals surface area contributed by atoms with Crippen molar-refractivity contribution in [3.05, 3.63) is 35.4 Å². The van der Waals surface area contributed by atoms with E-state index in [0.717, 1.165) is 5.56 Å². The van der Waals surface area contributed by atoms with Gasteiger partial charge in [-0.3, -0.25) is 4.79 Å². The molecule has 4 N–H and O–H groups in total. The molecule has 0 spiro atoms. The Morgan fingerprint density at radius 1 is 1.47 bits per heavy atom. The van der Waals surface area contributed by atoms with Crippen LogP contribution in [-0.2, 0) is 11.2 Å². The van der Waals surface area contributed by atoms with Gasteiger partial charge in [-0.1, -0.05) is 36.3 Å². The summed E-state index contributed by atoms with van der Waals surface area (Å²) in [5.41, 5.74) is 6.98. The van der Waals surface area contributed by atoms with E-state index in [0.29, 0.717) is 23.8 Å². The molecule has 1 aromatic carbocycles. The van der Waals surface area contributed by atoms with Crippen LogP contribution in [0.1, 0.15) is 18.1 Å². The third kappa shape index (κ3) is 5.21. The highest BCUT2D eigenvalue weighted by Gasteiger charge is 2.06. The SMILES string of the molecule is CSC(C)CNC(=O)Cc1ccc(/C(N)=N/O)cc1. The molecule has 0 bridgehead atoms. The average Bonchev–Trinajstić information content (AvgIpc) is 2.44. The lowest BCUT2D eigenvalue weighted by Crippen LogP contribution is -2.30. The molecule has 0 saturated carbocycles. The van der Waals surface area contributed by atoms with Crippen LogP contribution in [0.4, 0.5) is 0 Å². The molecule has 0 aliphatic rings. The van der Waals surface area contributed by atoms with Crippen molar-refractivity contribution in [2.45, 2.75) is 18.6 Å². The maximum absolute atomic E-state index is 11.7. The summed E-state index contributed by atoms with van der Waals surface area (Å²) >= 11 is 1.72. The minimum atomic E-state index is -0.00236. The van der Waals surface area contributed by atoms with Crippen molar-refractivity contribution in [1.29, 1.82) is 0 Å². The number of rotatable bonds is 6. The molecule has 0 radical (unpaired) electrons. The normalized spacial score (nSPS) is 13.1. The fraction of sp³-hybridized carbons (Fsp3) is 0.385. The molecule has 1 unspecified atom stereocenters. The van der Waals surface area contributed by atoms with Gasteiger partial charge in [0.2, 0.25) is 5.91 Å². The number of amidine groups is 1. The van der Waals surface area contributed by atoms with Crippen LogP contribution < -0.4 is 11.1 Å². The standard InChI is InChI=1S/C13H19N3O2S/c1-9(19-2)8-15-12(17)7-10-3-5-11(6-4-10)13(14)16-18/h3-6,9,18H,7-8H2,1-2H3,(H2,14,16)(H,15,17). The van der Waals surface area contributed by atoms with Crippen molar-refractivity contribution in [3.8, 4) is 0 Å². The quantitative estimate of drug-likeness (QED) is 0.316. The van der Waals surface area contributed by atoms with Crippen molar-refractivity contribution < 1.29 is 10.0 Å². The second kappa shape index (κ2) is 7.68. The molecular weight excluding hydrogens is 262 g/mol. The molecule has 1 rings (SSSR count). The van der Waals surface area contributed by atoms with Gasteiger partial charge in [0.15, 0.2) is 5.84 Å². The van der Waals surface area contributed by atoms with Crippen molar-refractivity contribution in [2.24, 2.45) is 10.9 Å². The van der Waals surface area contributed by atoms with Gasteiger partial charge in [0.1, 0.15) is 0 Å². The Morgan fingerprint density at radius 3 is 2.63 bits per heavy atom. The third-order valence-corrected chi connectivity index (χ3v) is 3.68. The van der Waals surface area contributed by atoms with E-state index in [9.17, 15) is 4.79 Å². The predicted octanol–water partition coefficient (Wildman–Crippen LogP) is 1.19. The predicted molar refractivity (Wildman–Crippen MR) is 78.6 cm³/mol. The molecule has 0 aromatic heterocycles. The Kier molecular flexibility index (Phi) is 6.21. The van der Waals surface area contributed by atoms with E-state index in [1.54, 1.807) is 36.0 Å². The molecule has 0 fully saturated rings. The highest BCUT2D eigenvalue weighted by atomic mass is 32.2. The number of carbonyl (C=O) groups excluding carboxylic acids is 1. The molecule has 1 aromatic rings. The summed E-state index contributed by atoms with van der Waals surface area (Å²) in [5.74, 6) is 0.0576. The third-order valence-electron chi connectivity index (χ3n) is 2.71. The zero-order valence-corrected chi connectivity index (χ0v) is 11.9. The van der Waals surface area contributed by atoms with E-state index in [1.165, 1.54) is 0 Å². The zero-order valence-electron chi connectivity index (χ0n) is 11.1. The van der Waals surface area contributed by atoms with Gasteiger partial charge in [0, 0.05) is 17.4 Å². The number of nitrogens with one attached hydrogen (secondary N) is 1. The topological polar surface area (TPSA) is 87.7 Å². The number of hydrogen-bond acceptors (Lipinski definition) is 4. The molecule has 1 atom stereocenters. The summed E-state index contributed by atoms with van der Waals surface area (Å²) in [4.78, 5) is 11.7. The fourth-order valence-electron chi connectivity index (χ4n) is 1.44. The molecule has 1 amide bonds. The van der Waals surface area contributed by atoms with Gasteiger partial charge in [-0.25, -0.2) is 0 Å². The van der Waals surface area contributed by atoms with E-state index in [2.05, 4.69) is 17.4 Å². The Balaban J connectivity index is 2.51. The summed E-state index contributed by atoms with van der Waals surface area (Å²) in [7, 11) is 0. The number of carbonyl (C=O) groups is 1. The summed E-state index contributed by atoms with van der Waals surface area (Å²) < 4.78 is 0. The van der Waals surface area contributed by atoms with E-state index in [4.69, 9.17) is 10.9 Å². The van der Waals surface area contributed by atoms with Crippen LogP contribution in [0, 0.1) is 0 Å². The minimum Gasteiger partial charge on any atom is -0.409 e. The molecule has 6 heteroatoms. The molecule has 0 aliphatic heterocycles. The van der Waals surface area contributed by atoms with E-state index >= 15 is 0 Å². The lowest BCUT2D eigenvalue weighted by atomic mass is 10.1. The number of hydrogen-bond donors (Lipinski definition) is 3. The van der Waals surface area contributed by atoms with Crippen molar-refractivity contribution in [3.63, 3.8) is 0 Å². The maximum atomic E-state index is 11.7. The summed E-state index contributed by atoms with van der Waals surface area (Å²) in [6.45, 7) is 2.74. The van der Waals surface area contributed by atoms with Crippen LogP contribution in [0.25, 0.3) is 0 Å². The van der Waals surface area contributed by atoms with Gasteiger partial charge in [-0.15, -0.1) is 0 Å². The zero-order chi connectivity index (χ0) is 14.3. The molecular formula is C13H19N3O2S. The van der Waals surface area contributed by atoms with Gasteiger partial charge in [-0.05, 0) is 11.8 Å². The van der Waals surface area contributed by atoms with Crippen molar-refractivity contribution >= 4 is 23.5 Å². The fourth-order valence-corrected chi connectivity index (χ4v) is 1.69. The number of benzene rings is 1. The minimum absolute atomic E-state index is 0.00236. The molecule has 0 saturated heterocycles. The number of amides is 1. The second-order valence-electron chi connectivity index (χ2n) is 4.21. The first-order valence-electron chi connectivity index (χ1n) is 5.93. The van der Waals surface area contributed by atoms with Crippen LogP contribution in [-0.4, -0.2) is 35.0 Å². The summed E-state index contributed by atoms with van der Waals surface area (Å²) in [6, 6.07) is 7.04. The van der Waals surface area contributed by atoms with Crippen LogP contribution in [0.5, 0.6) is 0 Å². The Labute approximate surface area is 117 Å². The van der Waals surface area contributed by atoms with Crippen molar-refractivity contribution in [1.82, 2.24) is 5.32 Å². The lowest BCUT2D eigenvalue weighted by molar-refractivity contribution is -0.120. The number of thioether (sulfide) groups is 1. The number of nitrogens with zero attached hydrogens (tertiary/aromatic N) is 1. The molecule has 19 heavy (non-hydrogen) atoms. The highest BCUT2D eigenvalue weighted by molar-refractivity contribution is 7.99. The Hall–Kier alpha value is -1.69. The van der Waals surface area contributed by atoms with Gasteiger partial charge < -0.3 is 16.3 Å².